The van der Waals surface area contributed by atoms with Crippen LogP contribution < -0.4 is 9.91 Å². The lowest BCUT2D eigenvalue weighted by Gasteiger charge is -2.31. The van der Waals surface area contributed by atoms with Gasteiger partial charge < -0.3 is 9.80 Å². The highest BCUT2D eigenvalue weighted by atomic mass is 19.2. The molecule has 1 fully saturated rings. The van der Waals surface area contributed by atoms with Crippen LogP contribution in [-0.4, -0.2) is 36.2 Å². The van der Waals surface area contributed by atoms with E-state index in [0.717, 1.165) is 6.42 Å². The SMILES string of the molecule is CCN1C(=O)C(/C=C/c2ccc(N3N=C(c4ccccc4)CC3c3c(F)c(F)c(N4CCCCC4)c(F)c3F)cc2)=C(C#N)C1=C(C#N)C#N. The molecule has 3 aromatic carbocycles. The molecule has 0 spiro atoms. The number of amides is 1. The van der Waals surface area contributed by atoms with Crippen molar-refractivity contribution in [1.82, 2.24) is 4.90 Å². The Morgan fingerprint density at radius 3 is 2.10 bits per heavy atom. The lowest BCUT2D eigenvalue weighted by atomic mass is 9.96. The van der Waals surface area contributed by atoms with Crippen LogP contribution in [0.4, 0.5) is 28.9 Å². The number of piperidine rings is 1. The fourth-order valence-electron chi connectivity index (χ4n) is 6.60. The van der Waals surface area contributed by atoms with Crippen LogP contribution in [0.2, 0.25) is 0 Å². The summed E-state index contributed by atoms with van der Waals surface area (Å²) in [5.41, 5.74) is 0.165. The zero-order valence-electron chi connectivity index (χ0n) is 26.9. The average Bonchev–Trinajstić information content (AvgIpc) is 3.70. The third kappa shape index (κ3) is 5.88. The lowest BCUT2D eigenvalue weighted by Crippen LogP contribution is -2.32. The first-order chi connectivity index (χ1) is 24.2. The molecule has 12 heteroatoms. The molecule has 0 N–H and O–H groups in total. The van der Waals surface area contributed by atoms with Crippen molar-refractivity contribution in [1.29, 1.82) is 15.8 Å². The average molecular weight is 676 g/mol. The monoisotopic (exact) mass is 675 g/mol. The van der Waals surface area contributed by atoms with Gasteiger partial charge in [0.1, 0.15) is 23.9 Å². The predicted molar refractivity (Wildman–Crippen MR) is 179 cm³/mol. The number of nitrogens with zero attached hydrogens (tertiary/aromatic N) is 7. The number of likely N-dealkylation sites (N-methyl/N-ethyl adjacent to an activating group) is 1. The van der Waals surface area contributed by atoms with E-state index in [4.69, 9.17) is 0 Å². The van der Waals surface area contributed by atoms with Crippen molar-refractivity contribution in [2.75, 3.05) is 29.5 Å². The Kier molecular flexibility index (Phi) is 9.51. The quantitative estimate of drug-likeness (QED) is 0.145. The van der Waals surface area contributed by atoms with Crippen LogP contribution in [0.3, 0.4) is 0 Å². The number of halogens is 4. The lowest BCUT2D eigenvalue weighted by molar-refractivity contribution is -0.123. The number of hydrogen-bond acceptors (Lipinski definition) is 7. The normalized spacial score (nSPS) is 17.7. The van der Waals surface area contributed by atoms with E-state index in [2.05, 4.69) is 5.10 Å². The molecule has 0 radical (unpaired) electrons. The molecule has 250 valence electrons. The van der Waals surface area contributed by atoms with Gasteiger partial charge in [-0.15, -0.1) is 0 Å². The second-order valence-corrected chi connectivity index (χ2v) is 11.9. The van der Waals surface area contributed by atoms with Gasteiger partial charge in [0.15, 0.2) is 28.8 Å². The van der Waals surface area contributed by atoms with E-state index in [1.165, 1.54) is 20.9 Å². The van der Waals surface area contributed by atoms with Crippen LogP contribution in [0.15, 0.2) is 88.2 Å². The Labute approximate surface area is 286 Å². The summed E-state index contributed by atoms with van der Waals surface area (Å²) in [7, 11) is 0. The number of carbonyl (C=O) groups is 1. The molecule has 50 heavy (non-hydrogen) atoms. The first kappa shape index (κ1) is 33.7. The van der Waals surface area contributed by atoms with Gasteiger partial charge in [-0.1, -0.05) is 48.5 Å². The Morgan fingerprint density at radius 1 is 0.880 bits per heavy atom. The first-order valence-electron chi connectivity index (χ1n) is 16.1. The van der Waals surface area contributed by atoms with Crippen molar-refractivity contribution in [3.63, 3.8) is 0 Å². The third-order valence-corrected chi connectivity index (χ3v) is 9.04. The molecule has 0 aromatic heterocycles. The van der Waals surface area contributed by atoms with Gasteiger partial charge in [0.25, 0.3) is 5.91 Å². The summed E-state index contributed by atoms with van der Waals surface area (Å²) in [5.74, 6) is -6.32. The number of nitriles is 3. The smallest absolute Gasteiger partial charge is 0.259 e. The van der Waals surface area contributed by atoms with Crippen LogP contribution in [0.25, 0.3) is 6.08 Å². The topological polar surface area (TPSA) is 111 Å². The van der Waals surface area contributed by atoms with E-state index in [1.54, 1.807) is 73.7 Å². The summed E-state index contributed by atoms with van der Waals surface area (Å²) in [5, 5.41) is 34.6. The number of allylic oxidation sites excluding steroid dienone is 2. The van der Waals surface area contributed by atoms with E-state index in [0.29, 0.717) is 48.5 Å². The second-order valence-electron chi connectivity index (χ2n) is 11.9. The molecule has 1 unspecified atom stereocenters. The maximum absolute atomic E-state index is 15.9. The zero-order valence-corrected chi connectivity index (χ0v) is 26.9. The van der Waals surface area contributed by atoms with Crippen molar-refractivity contribution in [3.05, 3.63) is 123 Å². The molecule has 8 nitrogen and oxygen atoms in total. The summed E-state index contributed by atoms with van der Waals surface area (Å²) < 4.78 is 63.1. The van der Waals surface area contributed by atoms with Gasteiger partial charge in [-0.25, -0.2) is 17.6 Å². The van der Waals surface area contributed by atoms with Gasteiger partial charge in [0.2, 0.25) is 0 Å². The Bertz CT molecular complexity index is 2070. The van der Waals surface area contributed by atoms with Crippen molar-refractivity contribution >= 4 is 29.1 Å². The molecule has 0 bridgehead atoms. The summed E-state index contributed by atoms with van der Waals surface area (Å²) in [6.45, 7) is 2.38. The number of rotatable bonds is 7. The minimum Gasteiger partial charge on any atom is -0.367 e. The Hall–Kier alpha value is -6.19. The summed E-state index contributed by atoms with van der Waals surface area (Å²) in [6.07, 6.45) is 5.13. The summed E-state index contributed by atoms with van der Waals surface area (Å²) in [6, 6.07) is 19.6. The number of carbonyl (C=O) groups excluding carboxylic acids is 1. The largest absolute Gasteiger partial charge is 0.367 e. The van der Waals surface area contributed by atoms with Gasteiger partial charge >= 0.3 is 0 Å². The second kappa shape index (κ2) is 14.1. The van der Waals surface area contributed by atoms with Crippen LogP contribution >= 0.6 is 0 Å². The number of hydrazone groups is 1. The van der Waals surface area contributed by atoms with Gasteiger partial charge in [-0.2, -0.15) is 20.9 Å². The van der Waals surface area contributed by atoms with Crippen molar-refractivity contribution in [2.45, 2.75) is 38.6 Å². The first-order valence-corrected chi connectivity index (χ1v) is 16.1. The van der Waals surface area contributed by atoms with Crippen LogP contribution in [0, 0.1) is 57.3 Å². The minimum absolute atomic E-state index is 0.0103. The van der Waals surface area contributed by atoms with Gasteiger partial charge in [0.05, 0.1) is 39.8 Å². The molecule has 3 aliphatic rings. The fourth-order valence-corrected chi connectivity index (χ4v) is 6.60. The van der Waals surface area contributed by atoms with Crippen molar-refractivity contribution < 1.29 is 22.4 Å². The molecule has 0 aliphatic carbocycles. The zero-order chi connectivity index (χ0) is 35.5. The molecule has 1 atom stereocenters. The number of hydrogen-bond donors (Lipinski definition) is 0. The molecule has 1 amide bonds. The molecule has 0 saturated carbocycles. The van der Waals surface area contributed by atoms with Crippen molar-refractivity contribution in [3.8, 4) is 18.2 Å². The van der Waals surface area contributed by atoms with Gasteiger partial charge in [-0.3, -0.25) is 9.80 Å². The van der Waals surface area contributed by atoms with E-state index in [-0.39, 0.29) is 35.4 Å². The van der Waals surface area contributed by atoms with Gasteiger partial charge in [0, 0.05) is 26.1 Å². The van der Waals surface area contributed by atoms with Crippen LogP contribution in [-0.2, 0) is 4.79 Å². The molecule has 6 rings (SSSR count). The number of benzene rings is 3. The molecule has 3 aliphatic heterocycles. The minimum atomic E-state index is -1.46. The number of anilines is 2. The van der Waals surface area contributed by atoms with Gasteiger partial charge in [-0.05, 0) is 55.5 Å². The predicted octanol–water partition coefficient (Wildman–Crippen LogP) is 7.59. The Balaban J connectivity index is 1.37. The molecular weight excluding hydrogens is 646 g/mol. The molecular formula is C38H29F4N7O. The molecule has 3 aromatic rings. The highest BCUT2D eigenvalue weighted by molar-refractivity contribution is 6.05. The fraction of sp³-hybridized carbons (Fsp3) is 0.237. The summed E-state index contributed by atoms with van der Waals surface area (Å²) in [4.78, 5) is 15.7. The molecule has 3 heterocycles. The van der Waals surface area contributed by atoms with E-state index >= 15 is 17.6 Å². The highest BCUT2D eigenvalue weighted by Gasteiger charge is 2.39. The summed E-state index contributed by atoms with van der Waals surface area (Å²) >= 11 is 0. The maximum atomic E-state index is 15.9. The van der Waals surface area contributed by atoms with E-state index in [9.17, 15) is 20.6 Å². The van der Waals surface area contributed by atoms with Crippen molar-refractivity contribution in [2.24, 2.45) is 5.10 Å². The standard InChI is InChI=1S/C38H29F4N7O/c1-2-48-36(25(20-43)21-44)28(22-45)27(38(48)50)16-13-23-11-14-26(15-12-23)49-30(19-29(46-49)24-9-5-3-6-10-24)31-32(39)34(41)37(35(42)33(31)40)47-17-7-4-8-18-47/h3,5-6,9-16,30H,2,4,7-8,17-19H2,1H3/b16-13+. The highest BCUT2D eigenvalue weighted by Crippen LogP contribution is 2.43. The van der Waals surface area contributed by atoms with Crippen LogP contribution in [0.5, 0.6) is 0 Å². The third-order valence-electron chi connectivity index (χ3n) is 9.04. The molecule has 1 saturated heterocycles. The Morgan fingerprint density at radius 2 is 1.52 bits per heavy atom. The van der Waals surface area contributed by atoms with E-state index in [1.807, 2.05) is 12.1 Å². The van der Waals surface area contributed by atoms with Crippen LogP contribution in [0.1, 0.15) is 55.3 Å². The maximum Gasteiger partial charge on any atom is 0.259 e. The van der Waals surface area contributed by atoms with E-state index < -0.39 is 46.5 Å².